The van der Waals surface area contributed by atoms with Gasteiger partial charge in [0.05, 0.1) is 12.5 Å². The SMILES string of the molecule is CC/C(=C\F)COc1cnc2c(c1)CCNC2=O. The van der Waals surface area contributed by atoms with Gasteiger partial charge in [0, 0.05) is 6.54 Å². The van der Waals surface area contributed by atoms with Gasteiger partial charge in [0.15, 0.2) is 0 Å². The number of halogens is 1. The number of aromatic nitrogens is 1. The second kappa shape index (κ2) is 5.62. The Morgan fingerprint density at radius 1 is 1.67 bits per heavy atom. The van der Waals surface area contributed by atoms with Crippen molar-refractivity contribution >= 4 is 5.91 Å². The van der Waals surface area contributed by atoms with Crippen LogP contribution in [0.25, 0.3) is 0 Å². The summed E-state index contributed by atoms with van der Waals surface area (Å²) in [6.07, 6.45) is 3.41. The number of nitrogens with zero attached hydrogens (tertiary/aromatic N) is 1. The maximum Gasteiger partial charge on any atom is 0.270 e. The number of carbonyl (C=O) groups is 1. The predicted octanol–water partition coefficient (Wildman–Crippen LogP) is 2.01. The third kappa shape index (κ3) is 2.67. The van der Waals surface area contributed by atoms with Gasteiger partial charge in [-0.2, -0.15) is 0 Å². The van der Waals surface area contributed by atoms with Crippen molar-refractivity contribution in [3.8, 4) is 5.75 Å². The zero-order valence-electron chi connectivity index (χ0n) is 10.2. The van der Waals surface area contributed by atoms with Crippen LogP contribution in [0.4, 0.5) is 4.39 Å². The summed E-state index contributed by atoms with van der Waals surface area (Å²) in [6, 6.07) is 1.80. The molecule has 0 aromatic carbocycles. The number of pyridine rings is 1. The number of amides is 1. The minimum atomic E-state index is -0.152. The Bertz CT molecular complexity index is 486. The monoisotopic (exact) mass is 250 g/mol. The van der Waals surface area contributed by atoms with Crippen LogP contribution in [0.5, 0.6) is 5.75 Å². The van der Waals surface area contributed by atoms with E-state index in [2.05, 4.69) is 10.3 Å². The number of fused-ring (bicyclic) bond motifs is 1. The number of nitrogens with one attached hydrogen (secondary N) is 1. The van der Waals surface area contributed by atoms with Gasteiger partial charge >= 0.3 is 0 Å². The first-order valence-corrected chi connectivity index (χ1v) is 5.92. The molecule has 0 aliphatic carbocycles. The van der Waals surface area contributed by atoms with E-state index in [1.807, 2.05) is 6.92 Å². The minimum absolute atomic E-state index is 0.152. The molecule has 1 aliphatic rings. The molecule has 1 aromatic rings. The van der Waals surface area contributed by atoms with Crippen molar-refractivity contribution in [1.29, 1.82) is 0 Å². The van der Waals surface area contributed by atoms with Crippen LogP contribution >= 0.6 is 0 Å². The van der Waals surface area contributed by atoms with Crippen molar-refractivity contribution < 1.29 is 13.9 Å². The summed E-state index contributed by atoms with van der Waals surface area (Å²) >= 11 is 0. The van der Waals surface area contributed by atoms with Gasteiger partial charge in [0.1, 0.15) is 18.1 Å². The number of rotatable bonds is 4. The highest BCUT2D eigenvalue weighted by Gasteiger charge is 2.18. The van der Waals surface area contributed by atoms with Gasteiger partial charge in [-0.05, 0) is 30.0 Å². The fourth-order valence-corrected chi connectivity index (χ4v) is 1.74. The molecule has 0 unspecified atom stereocenters. The average molecular weight is 250 g/mol. The molecular weight excluding hydrogens is 235 g/mol. The molecule has 0 saturated heterocycles. The average Bonchev–Trinajstić information content (AvgIpc) is 2.40. The summed E-state index contributed by atoms with van der Waals surface area (Å²) < 4.78 is 17.8. The van der Waals surface area contributed by atoms with E-state index in [4.69, 9.17) is 4.74 Å². The van der Waals surface area contributed by atoms with Crippen LogP contribution in [0.3, 0.4) is 0 Å². The van der Waals surface area contributed by atoms with Gasteiger partial charge in [-0.25, -0.2) is 9.37 Å². The van der Waals surface area contributed by atoms with Crippen LogP contribution in [0.2, 0.25) is 0 Å². The molecule has 0 spiro atoms. The predicted molar refractivity (Wildman–Crippen MR) is 65.3 cm³/mol. The quantitative estimate of drug-likeness (QED) is 0.889. The lowest BCUT2D eigenvalue weighted by Gasteiger charge is -2.16. The highest BCUT2D eigenvalue weighted by Crippen LogP contribution is 2.19. The molecule has 18 heavy (non-hydrogen) atoms. The zero-order chi connectivity index (χ0) is 13.0. The van der Waals surface area contributed by atoms with Gasteiger partial charge in [0.25, 0.3) is 5.91 Å². The summed E-state index contributed by atoms with van der Waals surface area (Å²) in [6.45, 7) is 2.69. The van der Waals surface area contributed by atoms with Gasteiger partial charge in [-0.1, -0.05) is 6.92 Å². The topological polar surface area (TPSA) is 51.2 Å². The van der Waals surface area contributed by atoms with E-state index in [0.29, 0.717) is 36.3 Å². The Kier molecular flexibility index (Phi) is 3.92. The van der Waals surface area contributed by atoms with Crippen LogP contribution in [0.15, 0.2) is 24.2 Å². The first kappa shape index (κ1) is 12.5. The van der Waals surface area contributed by atoms with Crippen molar-refractivity contribution in [1.82, 2.24) is 10.3 Å². The summed E-state index contributed by atoms with van der Waals surface area (Å²) in [5.41, 5.74) is 1.91. The third-order valence-electron chi connectivity index (χ3n) is 2.87. The lowest BCUT2D eigenvalue weighted by atomic mass is 10.1. The first-order valence-electron chi connectivity index (χ1n) is 5.92. The molecule has 2 heterocycles. The molecule has 4 nitrogen and oxygen atoms in total. The Hall–Kier alpha value is -1.91. The van der Waals surface area contributed by atoms with Crippen LogP contribution in [-0.4, -0.2) is 24.0 Å². The second-order valence-electron chi connectivity index (χ2n) is 4.09. The maximum atomic E-state index is 12.4. The summed E-state index contributed by atoms with van der Waals surface area (Å²) in [7, 11) is 0. The third-order valence-corrected chi connectivity index (χ3v) is 2.87. The molecular formula is C13H15FN2O2. The highest BCUT2D eigenvalue weighted by atomic mass is 19.1. The van der Waals surface area contributed by atoms with Crippen LogP contribution in [-0.2, 0) is 6.42 Å². The standard InChI is InChI=1S/C13H15FN2O2/c1-2-9(6-14)8-18-11-5-10-3-4-15-13(17)12(10)16-7-11/h5-7H,2-4,8H2,1H3,(H,15,17)/b9-6+. The summed E-state index contributed by atoms with van der Waals surface area (Å²) in [4.78, 5) is 15.6. The Balaban J connectivity index is 2.09. The van der Waals surface area contributed by atoms with Crippen LogP contribution in [0.1, 0.15) is 29.4 Å². The van der Waals surface area contributed by atoms with Crippen molar-refractivity contribution in [3.05, 3.63) is 35.4 Å². The van der Waals surface area contributed by atoms with Crippen molar-refractivity contribution in [3.63, 3.8) is 0 Å². The number of hydrogen-bond acceptors (Lipinski definition) is 3. The molecule has 1 aromatic heterocycles. The fraction of sp³-hybridized carbons (Fsp3) is 0.385. The van der Waals surface area contributed by atoms with Gasteiger partial charge in [-0.15, -0.1) is 0 Å². The number of carbonyl (C=O) groups excluding carboxylic acids is 1. The lowest BCUT2D eigenvalue weighted by molar-refractivity contribution is 0.0940. The molecule has 1 amide bonds. The van der Waals surface area contributed by atoms with Crippen LogP contribution in [0, 0.1) is 0 Å². The molecule has 5 heteroatoms. The molecule has 0 bridgehead atoms. The van der Waals surface area contributed by atoms with E-state index in [1.54, 1.807) is 6.07 Å². The van der Waals surface area contributed by atoms with Gasteiger partial charge < -0.3 is 10.1 Å². The summed E-state index contributed by atoms with van der Waals surface area (Å²) in [5.74, 6) is 0.414. The van der Waals surface area contributed by atoms with E-state index in [9.17, 15) is 9.18 Å². The van der Waals surface area contributed by atoms with E-state index < -0.39 is 0 Å². The van der Waals surface area contributed by atoms with Gasteiger partial charge in [-0.3, -0.25) is 4.79 Å². The molecule has 0 atom stereocenters. The van der Waals surface area contributed by atoms with E-state index in [1.165, 1.54) is 6.20 Å². The summed E-state index contributed by atoms with van der Waals surface area (Å²) in [5, 5.41) is 2.73. The molecule has 0 radical (unpaired) electrons. The van der Waals surface area contributed by atoms with Gasteiger partial charge in [0.2, 0.25) is 0 Å². The second-order valence-corrected chi connectivity index (χ2v) is 4.09. The first-order chi connectivity index (χ1) is 8.74. The molecule has 0 fully saturated rings. The van der Waals surface area contributed by atoms with Crippen molar-refractivity contribution in [2.24, 2.45) is 0 Å². The Morgan fingerprint density at radius 2 is 2.50 bits per heavy atom. The highest BCUT2D eigenvalue weighted by molar-refractivity contribution is 5.94. The Labute approximate surface area is 105 Å². The number of hydrogen-bond donors (Lipinski definition) is 1. The number of ether oxygens (including phenoxy) is 1. The van der Waals surface area contributed by atoms with E-state index in [-0.39, 0.29) is 12.5 Å². The molecule has 1 N–H and O–H groups in total. The molecule has 1 aliphatic heterocycles. The molecule has 0 saturated carbocycles. The van der Waals surface area contributed by atoms with E-state index in [0.717, 1.165) is 12.0 Å². The molecule has 96 valence electrons. The lowest BCUT2D eigenvalue weighted by Crippen LogP contribution is -2.32. The van der Waals surface area contributed by atoms with Crippen molar-refractivity contribution in [2.75, 3.05) is 13.2 Å². The largest absolute Gasteiger partial charge is 0.488 e. The van der Waals surface area contributed by atoms with E-state index >= 15 is 0 Å². The minimum Gasteiger partial charge on any atom is -0.488 e. The smallest absolute Gasteiger partial charge is 0.270 e. The fourth-order valence-electron chi connectivity index (χ4n) is 1.74. The maximum absolute atomic E-state index is 12.4. The Morgan fingerprint density at radius 3 is 3.22 bits per heavy atom. The van der Waals surface area contributed by atoms with Crippen LogP contribution < -0.4 is 10.1 Å². The molecule has 2 rings (SSSR count). The normalized spacial score (nSPS) is 15.0. The van der Waals surface area contributed by atoms with Crippen molar-refractivity contribution in [2.45, 2.75) is 19.8 Å². The zero-order valence-corrected chi connectivity index (χ0v) is 10.2.